The molecular formula is C12H10F3NO2. The molecule has 0 fully saturated rings. The summed E-state index contributed by atoms with van der Waals surface area (Å²) in [7, 11) is 0. The molecule has 1 heterocycles. The lowest BCUT2D eigenvalue weighted by molar-refractivity contribution is -0.181. The molecule has 0 aliphatic rings. The maximum atomic E-state index is 12.0. The van der Waals surface area contributed by atoms with Crippen molar-refractivity contribution in [1.29, 1.82) is 0 Å². The van der Waals surface area contributed by atoms with E-state index in [0.29, 0.717) is 22.8 Å². The van der Waals surface area contributed by atoms with Gasteiger partial charge in [0.05, 0.1) is 5.52 Å². The zero-order valence-electron chi connectivity index (χ0n) is 9.28. The third-order valence-corrected chi connectivity index (χ3v) is 2.44. The number of rotatable bonds is 4. The van der Waals surface area contributed by atoms with Crippen molar-refractivity contribution in [2.45, 2.75) is 12.9 Å². The third kappa shape index (κ3) is 2.70. The first-order chi connectivity index (χ1) is 8.51. The predicted molar refractivity (Wildman–Crippen MR) is 59.3 cm³/mol. The Morgan fingerprint density at radius 2 is 2.00 bits per heavy atom. The summed E-state index contributed by atoms with van der Waals surface area (Å²) >= 11 is 0. The molecule has 3 nitrogen and oxygen atoms in total. The zero-order valence-corrected chi connectivity index (χ0v) is 9.28. The third-order valence-electron chi connectivity index (χ3n) is 2.44. The number of aromatic nitrogens is 1. The molecule has 0 aliphatic carbocycles. The monoisotopic (exact) mass is 257 g/mol. The van der Waals surface area contributed by atoms with Gasteiger partial charge >= 0.3 is 6.18 Å². The molecule has 0 N–H and O–H groups in total. The fourth-order valence-corrected chi connectivity index (χ4v) is 1.74. The van der Waals surface area contributed by atoms with E-state index in [0.717, 1.165) is 0 Å². The van der Waals surface area contributed by atoms with E-state index in [1.54, 1.807) is 24.3 Å². The van der Waals surface area contributed by atoms with E-state index in [9.17, 15) is 18.0 Å². The second kappa shape index (κ2) is 4.81. The van der Waals surface area contributed by atoms with Gasteiger partial charge in [-0.1, -0.05) is 18.2 Å². The van der Waals surface area contributed by atoms with Crippen molar-refractivity contribution in [2.24, 2.45) is 0 Å². The topological polar surface area (TPSA) is 31.2 Å². The van der Waals surface area contributed by atoms with Crippen LogP contribution in [0.25, 0.3) is 10.9 Å². The molecule has 2 rings (SSSR count). The van der Waals surface area contributed by atoms with Crippen LogP contribution in [0.15, 0.2) is 30.5 Å². The number of fused-ring (bicyclic) bond motifs is 1. The molecule has 6 heteroatoms. The fourth-order valence-electron chi connectivity index (χ4n) is 1.74. The molecule has 0 radical (unpaired) electrons. The van der Waals surface area contributed by atoms with E-state index < -0.39 is 12.8 Å². The molecule has 0 atom stereocenters. The maximum Gasteiger partial charge on any atom is 0.411 e. The lowest BCUT2D eigenvalue weighted by atomic mass is 10.2. The predicted octanol–water partition coefficient (Wildman–Crippen LogP) is 2.99. The van der Waals surface area contributed by atoms with Gasteiger partial charge in [0.15, 0.2) is 6.29 Å². The normalized spacial score (nSPS) is 11.9. The van der Waals surface area contributed by atoms with Crippen molar-refractivity contribution in [3.63, 3.8) is 0 Å². The van der Waals surface area contributed by atoms with E-state index in [2.05, 4.69) is 4.74 Å². The van der Waals surface area contributed by atoms with E-state index in [-0.39, 0.29) is 6.73 Å². The van der Waals surface area contributed by atoms with Crippen molar-refractivity contribution in [3.05, 3.63) is 36.0 Å². The summed E-state index contributed by atoms with van der Waals surface area (Å²) in [5.74, 6) is 0. The largest absolute Gasteiger partial charge is 0.411 e. The molecule has 0 amide bonds. The Balaban J connectivity index is 2.21. The Bertz CT molecular complexity index is 560. The summed E-state index contributed by atoms with van der Waals surface area (Å²) in [6.07, 6.45) is -2.20. The lowest BCUT2D eigenvalue weighted by Gasteiger charge is -2.09. The Morgan fingerprint density at radius 1 is 1.28 bits per heavy atom. The van der Waals surface area contributed by atoms with Crippen LogP contribution in [0.5, 0.6) is 0 Å². The minimum absolute atomic E-state index is 0.242. The molecule has 0 saturated carbocycles. The van der Waals surface area contributed by atoms with Gasteiger partial charge in [-0.2, -0.15) is 13.2 Å². The highest BCUT2D eigenvalue weighted by Gasteiger charge is 2.27. The highest BCUT2D eigenvalue weighted by Crippen LogP contribution is 2.21. The average molecular weight is 257 g/mol. The lowest BCUT2D eigenvalue weighted by Crippen LogP contribution is -2.18. The standard InChI is InChI=1S/C12H10F3NO2/c13-12(14,15)7-18-8-16-5-9(6-17)10-3-1-2-4-11(10)16/h1-6H,7-8H2. The number of aldehydes is 1. The number of alkyl halides is 3. The van der Waals surface area contributed by atoms with Gasteiger partial charge in [-0.15, -0.1) is 0 Å². The molecule has 2 aromatic rings. The Morgan fingerprint density at radius 3 is 2.67 bits per heavy atom. The number of carbonyl (C=O) groups is 1. The Kier molecular flexibility index (Phi) is 3.38. The van der Waals surface area contributed by atoms with Crippen LogP contribution in [-0.4, -0.2) is 23.6 Å². The minimum Gasteiger partial charge on any atom is -0.351 e. The van der Waals surface area contributed by atoms with Crippen LogP contribution in [0, 0.1) is 0 Å². The van der Waals surface area contributed by atoms with Crippen LogP contribution in [0.4, 0.5) is 13.2 Å². The minimum atomic E-state index is -4.35. The Hall–Kier alpha value is -1.82. The van der Waals surface area contributed by atoms with E-state index >= 15 is 0 Å². The van der Waals surface area contributed by atoms with Gasteiger partial charge in [0.2, 0.25) is 0 Å². The number of ether oxygens (including phenoxy) is 1. The summed E-state index contributed by atoms with van der Waals surface area (Å²) in [5.41, 5.74) is 1.10. The molecule has 1 aromatic heterocycles. The van der Waals surface area contributed by atoms with Crippen LogP contribution in [0.1, 0.15) is 10.4 Å². The number of para-hydroxylation sites is 1. The second-order valence-corrected chi connectivity index (χ2v) is 3.78. The molecular weight excluding hydrogens is 247 g/mol. The number of hydrogen-bond acceptors (Lipinski definition) is 2. The van der Waals surface area contributed by atoms with Crippen molar-refractivity contribution in [2.75, 3.05) is 6.61 Å². The molecule has 18 heavy (non-hydrogen) atoms. The molecule has 0 bridgehead atoms. The molecule has 0 saturated heterocycles. The van der Waals surface area contributed by atoms with Crippen LogP contribution in [-0.2, 0) is 11.5 Å². The van der Waals surface area contributed by atoms with E-state index in [1.807, 2.05) is 0 Å². The fraction of sp³-hybridized carbons (Fsp3) is 0.250. The van der Waals surface area contributed by atoms with Gasteiger partial charge < -0.3 is 9.30 Å². The van der Waals surface area contributed by atoms with Gasteiger partial charge in [0, 0.05) is 17.1 Å². The maximum absolute atomic E-state index is 12.0. The molecule has 0 unspecified atom stereocenters. The van der Waals surface area contributed by atoms with Gasteiger partial charge in [-0.3, -0.25) is 4.79 Å². The van der Waals surface area contributed by atoms with Gasteiger partial charge in [0.25, 0.3) is 0 Å². The molecule has 0 spiro atoms. The van der Waals surface area contributed by atoms with Crippen LogP contribution in [0.3, 0.4) is 0 Å². The zero-order chi connectivity index (χ0) is 13.2. The summed E-state index contributed by atoms with van der Waals surface area (Å²) in [4.78, 5) is 10.8. The van der Waals surface area contributed by atoms with Crippen molar-refractivity contribution < 1.29 is 22.7 Å². The quantitative estimate of drug-likeness (QED) is 0.788. The Labute approximate surface area is 101 Å². The number of benzene rings is 1. The average Bonchev–Trinajstić information content (AvgIpc) is 2.66. The molecule has 96 valence electrons. The van der Waals surface area contributed by atoms with E-state index in [1.165, 1.54) is 10.8 Å². The van der Waals surface area contributed by atoms with E-state index in [4.69, 9.17) is 0 Å². The van der Waals surface area contributed by atoms with Crippen LogP contribution < -0.4 is 0 Å². The highest BCUT2D eigenvalue weighted by atomic mass is 19.4. The SMILES string of the molecule is O=Cc1cn(COCC(F)(F)F)c2ccccc12. The number of carbonyl (C=O) groups excluding carboxylic acids is 1. The van der Waals surface area contributed by atoms with Crippen molar-refractivity contribution in [1.82, 2.24) is 4.57 Å². The summed E-state index contributed by atoms with van der Waals surface area (Å²) < 4.78 is 41.9. The first-order valence-corrected chi connectivity index (χ1v) is 5.19. The highest BCUT2D eigenvalue weighted by molar-refractivity contribution is 5.97. The van der Waals surface area contributed by atoms with Crippen LogP contribution in [0.2, 0.25) is 0 Å². The summed E-state index contributed by atoms with van der Waals surface area (Å²) in [6.45, 7) is -1.55. The smallest absolute Gasteiger partial charge is 0.351 e. The first-order valence-electron chi connectivity index (χ1n) is 5.19. The van der Waals surface area contributed by atoms with Crippen LogP contribution >= 0.6 is 0 Å². The summed E-state index contributed by atoms with van der Waals surface area (Å²) in [5, 5.41) is 0.697. The van der Waals surface area contributed by atoms with Crippen molar-refractivity contribution >= 4 is 17.2 Å². The van der Waals surface area contributed by atoms with Gasteiger partial charge in [-0.25, -0.2) is 0 Å². The number of nitrogens with zero attached hydrogens (tertiary/aromatic N) is 1. The summed E-state index contributed by atoms with van der Waals surface area (Å²) in [6, 6.07) is 6.96. The molecule has 0 aliphatic heterocycles. The van der Waals surface area contributed by atoms with Gasteiger partial charge in [0.1, 0.15) is 13.3 Å². The van der Waals surface area contributed by atoms with Gasteiger partial charge in [-0.05, 0) is 6.07 Å². The molecule has 1 aromatic carbocycles. The second-order valence-electron chi connectivity index (χ2n) is 3.78. The van der Waals surface area contributed by atoms with Crippen molar-refractivity contribution in [3.8, 4) is 0 Å². The number of halogens is 3. The number of hydrogen-bond donors (Lipinski definition) is 0. The first kappa shape index (κ1) is 12.6.